The van der Waals surface area contributed by atoms with E-state index in [9.17, 15) is 0 Å². The van der Waals surface area contributed by atoms with E-state index in [-0.39, 0.29) is 11.7 Å². The van der Waals surface area contributed by atoms with Gasteiger partial charge in [-0.05, 0) is 44.6 Å². The third-order valence-electron chi connectivity index (χ3n) is 6.04. The number of ether oxygens (including phenoxy) is 2. The van der Waals surface area contributed by atoms with Crippen molar-refractivity contribution in [3.8, 4) is 0 Å². The number of hydrogen-bond acceptors (Lipinski definition) is 7. The summed E-state index contributed by atoms with van der Waals surface area (Å²) in [6, 6.07) is 0. The third-order valence-corrected chi connectivity index (χ3v) is 6.04. The molecule has 160 valence electrons. The highest BCUT2D eigenvalue weighted by Crippen LogP contribution is 2.39. The molecule has 2 aliphatic heterocycles. The molecule has 0 aliphatic carbocycles. The second-order valence-electron chi connectivity index (χ2n) is 9.54. The molecule has 0 amide bonds. The Morgan fingerprint density at radius 1 is 1.23 bits per heavy atom. The van der Waals surface area contributed by atoms with Gasteiger partial charge < -0.3 is 19.2 Å². The van der Waals surface area contributed by atoms with E-state index in [1.807, 2.05) is 0 Å². The van der Waals surface area contributed by atoms with Crippen LogP contribution in [0.15, 0.2) is 10.7 Å². The lowest BCUT2D eigenvalue weighted by Crippen LogP contribution is -2.33. The van der Waals surface area contributed by atoms with Gasteiger partial charge in [-0.1, -0.05) is 13.8 Å². The summed E-state index contributed by atoms with van der Waals surface area (Å²) >= 11 is 0. The molecule has 0 bridgehead atoms. The Balaban J connectivity index is 1.64. The molecule has 0 aromatic carbocycles. The molecule has 0 radical (unpaired) electrons. The van der Waals surface area contributed by atoms with Crippen molar-refractivity contribution in [3.63, 3.8) is 0 Å². The summed E-state index contributed by atoms with van der Waals surface area (Å²) in [5, 5.41) is 4.42. The normalized spacial score (nSPS) is 20.9. The molecule has 1 N–H and O–H groups in total. The van der Waals surface area contributed by atoms with Crippen molar-refractivity contribution in [2.45, 2.75) is 71.7 Å². The highest BCUT2D eigenvalue weighted by molar-refractivity contribution is 6.06. The van der Waals surface area contributed by atoms with E-state index in [1.165, 1.54) is 11.1 Å². The van der Waals surface area contributed by atoms with Crippen LogP contribution in [-0.4, -0.2) is 39.8 Å². The Labute approximate surface area is 176 Å². The first-order valence-electron chi connectivity index (χ1n) is 11.0. The molecule has 3 aromatic heterocycles. The van der Waals surface area contributed by atoms with Crippen molar-refractivity contribution in [2.75, 3.05) is 18.5 Å². The van der Waals surface area contributed by atoms with Crippen molar-refractivity contribution in [2.24, 2.45) is 5.92 Å². The Morgan fingerprint density at radius 2 is 2.10 bits per heavy atom. The van der Waals surface area contributed by atoms with E-state index >= 15 is 0 Å². The minimum atomic E-state index is -0.228. The summed E-state index contributed by atoms with van der Waals surface area (Å²) in [5.41, 5.74) is 5.45. The molecule has 1 fully saturated rings. The fraction of sp³-hybridized carbons (Fsp3) is 0.609. The molecule has 2 aliphatic rings. The van der Waals surface area contributed by atoms with Crippen molar-refractivity contribution < 1.29 is 13.9 Å². The number of aromatic nitrogens is 3. The zero-order valence-electron chi connectivity index (χ0n) is 18.2. The molecule has 7 nitrogen and oxygen atoms in total. The molecule has 3 aromatic rings. The van der Waals surface area contributed by atoms with Gasteiger partial charge in [0.25, 0.3) is 0 Å². The Morgan fingerprint density at radius 3 is 2.87 bits per heavy atom. The molecular formula is C23H30N4O3. The Bertz CT molecular complexity index is 1080. The second-order valence-corrected chi connectivity index (χ2v) is 9.54. The number of nitrogens with one attached hydrogen (secondary N) is 1. The molecule has 0 saturated carbocycles. The smallest absolute Gasteiger partial charge is 0.229 e. The van der Waals surface area contributed by atoms with Crippen molar-refractivity contribution in [3.05, 3.63) is 23.1 Å². The molecule has 0 spiro atoms. The lowest BCUT2D eigenvalue weighted by atomic mass is 9.88. The molecule has 30 heavy (non-hydrogen) atoms. The van der Waals surface area contributed by atoms with Crippen molar-refractivity contribution in [1.29, 1.82) is 0 Å². The van der Waals surface area contributed by atoms with E-state index in [4.69, 9.17) is 18.9 Å². The maximum absolute atomic E-state index is 6.28. The van der Waals surface area contributed by atoms with Crippen LogP contribution in [0.2, 0.25) is 0 Å². The van der Waals surface area contributed by atoms with Crippen molar-refractivity contribution >= 4 is 28.0 Å². The molecule has 1 atom stereocenters. The van der Waals surface area contributed by atoms with Crippen LogP contribution in [0.1, 0.15) is 57.4 Å². The van der Waals surface area contributed by atoms with Crippen LogP contribution < -0.4 is 5.32 Å². The van der Waals surface area contributed by atoms with Crippen LogP contribution >= 0.6 is 0 Å². The average Bonchev–Trinajstić information content (AvgIpc) is 3.32. The van der Waals surface area contributed by atoms with Gasteiger partial charge in [-0.15, -0.1) is 0 Å². The average molecular weight is 411 g/mol. The van der Waals surface area contributed by atoms with Gasteiger partial charge in [0.15, 0.2) is 11.4 Å². The zero-order valence-corrected chi connectivity index (χ0v) is 18.2. The van der Waals surface area contributed by atoms with Gasteiger partial charge in [0.05, 0.1) is 29.4 Å². The van der Waals surface area contributed by atoms with Crippen LogP contribution in [-0.2, 0) is 28.9 Å². The first-order valence-corrected chi connectivity index (χ1v) is 11.0. The summed E-state index contributed by atoms with van der Waals surface area (Å²) in [7, 11) is 0. The summed E-state index contributed by atoms with van der Waals surface area (Å²) in [6.45, 7) is 10.8. The number of fused-ring (bicyclic) bond motifs is 5. The van der Waals surface area contributed by atoms with Crippen LogP contribution in [0.5, 0.6) is 0 Å². The molecule has 7 heteroatoms. The molecule has 1 saturated heterocycles. The van der Waals surface area contributed by atoms with Crippen LogP contribution in [0.3, 0.4) is 0 Å². The van der Waals surface area contributed by atoms with E-state index in [1.54, 1.807) is 6.33 Å². The summed E-state index contributed by atoms with van der Waals surface area (Å²) < 4.78 is 18.1. The monoisotopic (exact) mass is 410 g/mol. The summed E-state index contributed by atoms with van der Waals surface area (Å²) in [4.78, 5) is 14.0. The van der Waals surface area contributed by atoms with E-state index < -0.39 is 0 Å². The van der Waals surface area contributed by atoms with Crippen LogP contribution in [0.4, 0.5) is 5.82 Å². The lowest BCUT2D eigenvalue weighted by Gasteiger charge is -2.33. The Kier molecular flexibility index (Phi) is 4.90. The zero-order chi connectivity index (χ0) is 20.9. The molecule has 5 heterocycles. The molecule has 1 unspecified atom stereocenters. The predicted molar refractivity (Wildman–Crippen MR) is 116 cm³/mol. The van der Waals surface area contributed by atoms with E-state index in [2.05, 4.69) is 43.0 Å². The first kappa shape index (κ1) is 19.7. The van der Waals surface area contributed by atoms with Gasteiger partial charge >= 0.3 is 0 Å². The summed E-state index contributed by atoms with van der Waals surface area (Å²) in [5.74, 6) is 1.21. The first-order chi connectivity index (χ1) is 14.4. The van der Waals surface area contributed by atoms with Gasteiger partial charge in [-0.2, -0.15) is 0 Å². The van der Waals surface area contributed by atoms with Gasteiger partial charge in [0.2, 0.25) is 5.71 Å². The van der Waals surface area contributed by atoms with Crippen LogP contribution in [0.25, 0.3) is 22.2 Å². The minimum absolute atomic E-state index is 0.223. The minimum Gasteiger partial charge on any atom is -0.432 e. The molecule has 5 rings (SSSR count). The predicted octanol–water partition coefficient (Wildman–Crippen LogP) is 4.41. The van der Waals surface area contributed by atoms with Gasteiger partial charge in [-0.25, -0.2) is 15.0 Å². The number of anilines is 1. The summed E-state index contributed by atoms with van der Waals surface area (Å²) in [6.07, 6.45) is 5.72. The van der Waals surface area contributed by atoms with Crippen molar-refractivity contribution in [1.82, 2.24) is 15.0 Å². The highest BCUT2D eigenvalue weighted by atomic mass is 16.5. The maximum atomic E-state index is 6.28. The number of rotatable bonds is 5. The second kappa shape index (κ2) is 7.46. The number of furan rings is 1. The lowest BCUT2D eigenvalue weighted by molar-refractivity contribution is -0.0402. The molecular weight excluding hydrogens is 380 g/mol. The SMILES string of the molecule is CC(C)Cc1nc2oc3c(NCC4CCCO4)ncnc3c2c2c1COC(C)(C)C2. The van der Waals surface area contributed by atoms with Crippen LogP contribution in [0, 0.1) is 5.92 Å². The van der Waals surface area contributed by atoms with E-state index in [0.29, 0.717) is 36.2 Å². The Hall–Kier alpha value is -2.25. The number of hydrogen-bond donors (Lipinski definition) is 1. The number of pyridine rings is 1. The largest absolute Gasteiger partial charge is 0.432 e. The van der Waals surface area contributed by atoms with E-state index in [0.717, 1.165) is 48.9 Å². The topological polar surface area (TPSA) is 82.3 Å². The van der Waals surface area contributed by atoms with Gasteiger partial charge in [0.1, 0.15) is 11.8 Å². The maximum Gasteiger partial charge on any atom is 0.229 e. The van der Waals surface area contributed by atoms with Gasteiger partial charge in [-0.3, -0.25) is 0 Å². The fourth-order valence-corrected chi connectivity index (χ4v) is 4.57. The van der Waals surface area contributed by atoms with Gasteiger partial charge in [0, 0.05) is 25.1 Å². The standard InChI is InChI=1S/C23H30N4O3/c1-13(2)8-17-16-11-29-23(3,4)9-15(16)18-19-20(30-22(18)27-17)21(26-12-25-19)24-10-14-6-5-7-28-14/h12-14H,5-11H2,1-4H3,(H,24,25,26). The number of nitrogens with zero attached hydrogens (tertiary/aromatic N) is 3. The highest BCUT2D eigenvalue weighted by Gasteiger charge is 2.32. The fourth-order valence-electron chi connectivity index (χ4n) is 4.57. The third kappa shape index (κ3) is 3.54. The quantitative estimate of drug-likeness (QED) is 0.667.